The number of hydrogen-bond acceptors (Lipinski definition) is 4. The van der Waals surface area contributed by atoms with Crippen LogP contribution in [0.1, 0.15) is 17.5 Å². The summed E-state index contributed by atoms with van der Waals surface area (Å²) in [5, 5.41) is 11.7. The summed E-state index contributed by atoms with van der Waals surface area (Å²) in [5.74, 6) is -1.85. The summed E-state index contributed by atoms with van der Waals surface area (Å²) in [4.78, 5) is 37.6. The maximum absolute atomic E-state index is 13.2. The molecular weight excluding hydrogens is 388 g/mol. The number of halogens is 1. The Hall–Kier alpha value is -2.51. The maximum atomic E-state index is 13.2. The summed E-state index contributed by atoms with van der Waals surface area (Å²) in [6.07, 6.45) is -0.357. The summed E-state index contributed by atoms with van der Waals surface area (Å²) in [5.41, 5.74) is 2.72. The fourth-order valence-corrected chi connectivity index (χ4v) is 5.24. The second-order valence-electron chi connectivity index (χ2n) is 6.50. The molecule has 1 fully saturated rings. The number of hydrogen-bond donors (Lipinski definition) is 2. The average Bonchev–Trinajstić information content (AvgIpc) is 3.04. The van der Waals surface area contributed by atoms with E-state index in [0.29, 0.717) is 22.0 Å². The van der Waals surface area contributed by atoms with E-state index < -0.39 is 22.0 Å². The smallest absolute Gasteiger partial charge is 0.305 e. The maximum Gasteiger partial charge on any atom is 0.305 e. The van der Waals surface area contributed by atoms with Crippen molar-refractivity contribution in [1.82, 2.24) is 0 Å². The molecule has 2 aromatic carbocycles. The van der Waals surface area contributed by atoms with E-state index in [2.05, 4.69) is 5.32 Å². The van der Waals surface area contributed by atoms with E-state index in [1.54, 1.807) is 30.3 Å². The molecule has 2 atom stereocenters. The van der Waals surface area contributed by atoms with Crippen molar-refractivity contribution >= 4 is 52.5 Å². The Morgan fingerprint density at radius 1 is 1.26 bits per heavy atom. The first-order chi connectivity index (χ1) is 12.8. The van der Waals surface area contributed by atoms with Gasteiger partial charge in [-0.05, 0) is 37.3 Å². The van der Waals surface area contributed by atoms with Crippen molar-refractivity contribution in [2.75, 3.05) is 10.2 Å². The number of thioether (sulfide) groups is 1. The summed E-state index contributed by atoms with van der Waals surface area (Å²) in [6.45, 7) is 1.90. The van der Waals surface area contributed by atoms with Gasteiger partial charge in [0.1, 0.15) is 0 Å². The van der Waals surface area contributed by atoms with Gasteiger partial charge in [0.05, 0.1) is 11.7 Å². The van der Waals surface area contributed by atoms with Gasteiger partial charge < -0.3 is 10.4 Å². The highest BCUT2D eigenvalue weighted by atomic mass is 35.5. The van der Waals surface area contributed by atoms with Crippen LogP contribution in [0.3, 0.4) is 0 Å². The van der Waals surface area contributed by atoms with E-state index in [9.17, 15) is 19.5 Å². The SMILES string of the molecule is Cc1ccc2c(c1)[C@@]1(S[C@H](CC(=O)O)C(=O)N1c1ccc(Cl)cc1)C(=O)N2. The first-order valence-corrected chi connectivity index (χ1v) is 9.50. The van der Waals surface area contributed by atoms with E-state index >= 15 is 0 Å². The number of carboxylic acids is 1. The topological polar surface area (TPSA) is 86.7 Å². The van der Waals surface area contributed by atoms with Gasteiger partial charge in [-0.2, -0.15) is 0 Å². The Balaban J connectivity index is 1.92. The molecule has 0 unspecified atom stereocenters. The van der Waals surface area contributed by atoms with Crippen molar-refractivity contribution in [3.8, 4) is 0 Å². The zero-order chi connectivity index (χ0) is 19.3. The third-order valence-electron chi connectivity index (χ3n) is 4.66. The summed E-state index contributed by atoms with van der Waals surface area (Å²) < 4.78 is 0. The van der Waals surface area contributed by atoms with Crippen LogP contribution in [0.2, 0.25) is 5.02 Å². The van der Waals surface area contributed by atoms with Gasteiger partial charge in [-0.15, -0.1) is 11.8 Å². The zero-order valence-electron chi connectivity index (χ0n) is 14.2. The van der Waals surface area contributed by atoms with Gasteiger partial charge in [-0.3, -0.25) is 19.3 Å². The van der Waals surface area contributed by atoms with Crippen molar-refractivity contribution < 1.29 is 19.5 Å². The van der Waals surface area contributed by atoms with Crippen molar-refractivity contribution in [2.45, 2.75) is 23.5 Å². The van der Waals surface area contributed by atoms with Crippen LogP contribution in [-0.4, -0.2) is 28.1 Å². The lowest BCUT2D eigenvalue weighted by Crippen LogP contribution is -2.47. The molecule has 4 rings (SSSR count). The number of rotatable bonds is 3. The normalized spacial score (nSPS) is 23.6. The fourth-order valence-electron chi connectivity index (χ4n) is 3.51. The Bertz CT molecular complexity index is 978. The number of aliphatic carboxylic acids is 1. The van der Waals surface area contributed by atoms with Gasteiger partial charge in [0.25, 0.3) is 5.91 Å². The van der Waals surface area contributed by atoms with Crippen LogP contribution in [0.15, 0.2) is 42.5 Å². The lowest BCUT2D eigenvalue weighted by molar-refractivity contribution is -0.138. The second kappa shape index (κ2) is 6.28. The van der Waals surface area contributed by atoms with Crippen LogP contribution in [0.4, 0.5) is 11.4 Å². The molecular formula is C19H15ClN2O4S. The average molecular weight is 403 g/mol. The largest absolute Gasteiger partial charge is 0.481 e. The predicted molar refractivity (Wildman–Crippen MR) is 104 cm³/mol. The number of nitrogens with zero attached hydrogens (tertiary/aromatic N) is 1. The van der Waals surface area contributed by atoms with Crippen molar-refractivity contribution in [3.05, 3.63) is 58.6 Å². The summed E-state index contributed by atoms with van der Waals surface area (Å²) >= 11 is 7.04. The lowest BCUT2D eigenvalue weighted by Gasteiger charge is -2.32. The van der Waals surface area contributed by atoms with Gasteiger partial charge in [0, 0.05) is 22.0 Å². The Morgan fingerprint density at radius 3 is 2.63 bits per heavy atom. The first-order valence-electron chi connectivity index (χ1n) is 8.25. The molecule has 1 spiro atoms. The van der Waals surface area contributed by atoms with Crippen LogP contribution < -0.4 is 10.2 Å². The fraction of sp³-hybridized carbons (Fsp3) is 0.211. The van der Waals surface area contributed by atoms with Gasteiger partial charge >= 0.3 is 5.97 Å². The highest BCUT2D eigenvalue weighted by Gasteiger charge is 2.62. The monoisotopic (exact) mass is 402 g/mol. The Morgan fingerprint density at radius 2 is 1.96 bits per heavy atom. The van der Waals surface area contributed by atoms with E-state index in [-0.39, 0.29) is 12.3 Å². The van der Waals surface area contributed by atoms with Crippen molar-refractivity contribution in [3.63, 3.8) is 0 Å². The molecule has 27 heavy (non-hydrogen) atoms. The first kappa shape index (κ1) is 17.9. The zero-order valence-corrected chi connectivity index (χ0v) is 15.8. The summed E-state index contributed by atoms with van der Waals surface area (Å²) in [6, 6.07) is 12.1. The van der Waals surface area contributed by atoms with E-state index in [0.717, 1.165) is 17.3 Å². The number of carbonyl (C=O) groups is 3. The van der Waals surface area contributed by atoms with Crippen LogP contribution in [-0.2, 0) is 19.3 Å². The Labute approximate surface area is 164 Å². The number of aryl methyl sites for hydroxylation is 1. The number of carbonyl (C=O) groups excluding carboxylic acids is 2. The molecule has 2 aliphatic rings. The minimum atomic E-state index is -1.34. The number of amides is 2. The van der Waals surface area contributed by atoms with Crippen LogP contribution in [0, 0.1) is 6.92 Å². The molecule has 1 saturated heterocycles. The molecule has 2 amide bonds. The molecule has 2 aliphatic heterocycles. The summed E-state index contributed by atoms with van der Waals surface area (Å²) in [7, 11) is 0. The molecule has 0 aliphatic carbocycles. The quantitative estimate of drug-likeness (QED) is 0.821. The van der Waals surface area contributed by atoms with E-state index in [1.165, 1.54) is 4.90 Å². The van der Waals surface area contributed by atoms with Crippen molar-refractivity contribution in [1.29, 1.82) is 0 Å². The third-order valence-corrected chi connectivity index (χ3v) is 6.50. The van der Waals surface area contributed by atoms with Crippen LogP contribution >= 0.6 is 23.4 Å². The number of nitrogens with one attached hydrogen (secondary N) is 1. The minimum Gasteiger partial charge on any atom is -0.481 e. The van der Waals surface area contributed by atoms with Gasteiger partial charge in [0.15, 0.2) is 0 Å². The molecule has 8 heteroatoms. The van der Waals surface area contributed by atoms with Crippen molar-refractivity contribution in [2.24, 2.45) is 0 Å². The molecule has 6 nitrogen and oxygen atoms in total. The molecule has 0 aromatic heterocycles. The number of anilines is 2. The molecule has 138 valence electrons. The third kappa shape index (κ3) is 2.69. The molecule has 0 bridgehead atoms. The van der Waals surface area contributed by atoms with Crippen LogP contribution in [0.5, 0.6) is 0 Å². The van der Waals surface area contributed by atoms with Gasteiger partial charge in [-0.1, -0.05) is 29.3 Å². The van der Waals surface area contributed by atoms with Gasteiger partial charge in [0.2, 0.25) is 10.8 Å². The predicted octanol–water partition coefficient (Wildman–Crippen LogP) is 3.38. The number of benzene rings is 2. The number of carboxylic acid groups (broad SMARTS) is 1. The standard InChI is InChI=1S/C19H15ClN2O4S/c1-10-2-7-14-13(8-10)19(18(26)21-14)22(12-5-3-11(20)4-6-12)17(25)15(27-19)9-16(23)24/h2-8,15H,9H2,1H3,(H,21,26)(H,23,24)/t15-,19-/m1/s1. The minimum absolute atomic E-state index is 0.357. The molecule has 0 saturated carbocycles. The number of fused-ring (bicyclic) bond motifs is 2. The highest BCUT2D eigenvalue weighted by Crippen LogP contribution is 2.56. The molecule has 2 N–H and O–H groups in total. The molecule has 0 radical (unpaired) electrons. The molecule has 2 aromatic rings. The Kier molecular flexibility index (Phi) is 4.16. The highest BCUT2D eigenvalue weighted by molar-refractivity contribution is 8.03. The van der Waals surface area contributed by atoms with E-state index in [4.69, 9.17) is 11.6 Å². The molecule has 2 heterocycles. The second-order valence-corrected chi connectivity index (χ2v) is 8.33. The van der Waals surface area contributed by atoms with E-state index in [1.807, 2.05) is 19.1 Å². The lowest BCUT2D eigenvalue weighted by atomic mass is 10.0. The van der Waals surface area contributed by atoms with Gasteiger partial charge in [-0.25, -0.2) is 0 Å². The van der Waals surface area contributed by atoms with Crippen LogP contribution in [0.25, 0.3) is 0 Å².